The topological polar surface area (TPSA) is 68.5 Å². The Bertz CT molecular complexity index is 1190. The number of fused-ring (bicyclic) bond motifs is 1. The van der Waals surface area contributed by atoms with Gasteiger partial charge in [0.25, 0.3) is 5.91 Å². The van der Waals surface area contributed by atoms with Crippen LogP contribution in [0.15, 0.2) is 60.8 Å². The number of nitrogens with zero attached hydrogens (tertiary/aromatic N) is 3. The first-order valence-electron chi connectivity index (χ1n) is 8.76. The molecule has 0 unspecified atom stereocenters. The first-order valence-corrected chi connectivity index (χ1v) is 8.76. The van der Waals surface area contributed by atoms with Crippen molar-refractivity contribution >= 4 is 11.6 Å². The van der Waals surface area contributed by atoms with Crippen LogP contribution in [0.1, 0.15) is 15.9 Å². The largest absolute Gasteiger partial charge is 0.497 e. The zero-order valence-corrected chi connectivity index (χ0v) is 15.4. The van der Waals surface area contributed by atoms with Crippen molar-refractivity contribution in [2.45, 2.75) is 6.54 Å². The fourth-order valence-electron chi connectivity index (χ4n) is 2.98. The molecule has 0 aliphatic carbocycles. The van der Waals surface area contributed by atoms with E-state index in [1.807, 2.05) is 24.3 Å². The van der Waals surface area contributed by atoms with Gasteiger partial charge in [-0.25, -0.2) is 8.78 Å². The number of aromatic nitrogens is 3. The van der Waals surface area contributed by atoms with Crippen molar-refractivity contribution in [3.05, 3.63) is 83.6 Å². The van der Waals surface area contributed by atoms with Gasteiger partial charge in [0.1, 0.15) is 17.4 Å². The van der Waals surface area contributed by atoms with E-state index >= 15 is 0 Å². The van der Waals surface area contributed by atoms with Crippen LogP contribution in [0.25, 0.3) is 17.0 Å². The number of benzene rings is 2. The zero-order valence-electron chi connectivity index (χ0n) is 15.4. The third kappa shape index (κ3) is 3.91. The van der Waals surface area contributed by atoms with Crippen molar-refractivity contribution in [2.75, 3.05) is 7.11 Å². The van der Waals surface area contributed by atoms with Gasteiger partial charge in [-0.3, -0.25) is 9.20 Å². The Morgan fingerprint density at radius 2 is 1.86 bits per heavy atom. The van der Waals surface area contributed by atoms with E-state index in [1.165, 1.54) is 12.1 Å². The van der Waals surface area contributed by atoms with Crippen molar-refractivity contribution in [1.82, 2.24) is 19.9 Å². The highest BCUT2D eigenvalue weighted by atomic mass is 19.1. The minimum atomic E-state index is -0.703. The third-order valence-electron chi connectivity index (χ3n) is 4.38. The molecule has 0 saturated heterocycles. The molecule has 0 radical (unpaired) electrons. The number of methoxy groups -OCH3 is 1. The molecule has 0 bridgehead atoms. The van der Waals surface area contributed by atoms with Gasteiger partial charge in [-0.1, -0.05) is 12.1 Å². The highest BCUT2D eigenvalue weighted by Crippen LogP contribution is 2.21. The van der Waals surface area contributed by atoms with Crippen LogP contribution in [-0.2, 0) is 6.54 Å². The molecule has 146 valence electrons. The third-order valence-corrected chi connectivity index (χ3v) is 4.38. The van der Waals surface area contributed by atoms with E-state index in [0.29, 0.717) is 23.5 Å². The molecule has 29 heavy (non-hydrogen) atoms. The summed E-state index contributed by atoms with van der Waals surface area (Å²) in [7, 11) is 1.58. The van der Waals surface area contributed by atoms with Crippen LogP contribution in [0.4, 0.5) is 8.78 Å². The van der Waals surface area contributed by atoms with Crippen molar-refractivity contribution in [2.24, 2.45) is 0 Å². The van der Waals surface area contributed by atoms with Gasteiger partial charge in [0.05, 0.1) is 7.11 Å². The Kier molecular flexibility index (Phi) is 4.90. The molecule has 4 aromatic rings. The maximum absolute atomic E-state index is 13.5. The molecule has 2 aromatic heterocycles. The Morgan fingerprint density at radius 3 is 2.62 bits per heavy atom. The van der Waals surface area contributed by atoms with Gasteiger partial charge in [0.15, 0.2) is 11.5 Å². The number of carbonyl (C=O) groups is 1. The molecule has 2 aromatic carbocycles. The van der Waals surface area contributed by atoms with Crippen LogP contribution < -0.4 is 10.1 Å². The lowest BCUT2D eigenvalue weighted by atomic mass is 10.2. The Morgan fingerprint density at radius 1 is 1.07 bits per heavy atom. The number of rotatable bonds is 5. The smallest absolute Gasteiger partial charge is 0.251 e. The summed E-state index contributed by atoms with van der Waals surface area (Å²) in [5.41, 5.74) is 1.94. The molecule has 0 fully saturated rings. The van der Waals surface area contributed by atoms with E-state index in [0.717, 1.165) is 11.6 Å². The molecule has 2 heterocycles. The molecule has 6 nitrogen and oxygen atoms in total. The molecule has 0 saturated carbocycles. The molecule has 0 spiro atoms. The molecule has 0 atom stereocenters. The number of halogens is 2. The predicted octanol–water partition coefficient (Wildman–Crippen LogP) is 3.61. The Hall–Kier alpha value is -3.81. The standard InChI is InChI=1S/C21H16F2N4O2/c1-29-18-4-2-3-13(7-18)12-24-21(28)14-5-6-27-19(10-14)25-26-20(27)15-8-16(22)11-17(23)9-15/h2-11H,12H2,1H3,(H,24,28). The normalized spacial score (nSPS) is 10.9. The van der Waals surface area contributed by atoms with Crippen LogP contribution >= 0.6 is 0 Å². The van der Waals surface area contributed by atoms with Crippen LogP contribution in [0.2, 0.25) is 0 Å². The van der Waals surface area contributed by atoms with Crippen LogP contribution in [-0.4, -0.2) is 27.6 Å². The molecule has 0 aliphatic heterocycles. The zero-order chi connectivity index (χ0) is 20.4. The number of hydrogen-bond donors (Lipinski definition) is 1. The second kappa shape index (κ2) is 7.67. The number of carbonyl (C=O) groups excluding carboxylic acids is 1. The first kappa shape index (κ1) is 18.5. The highest BCUT2D eigenvalue weighted by molar-refractivity contribution is 5.95. The SMILES string of the molecule is COc1cccc(CNC(=O)c2ccn3c(-c4cc(F)cc(F)c4)nnc3c2)c1. The first-order chi connectivity index (χ1) is 14.0. The maximum Gasteiger partial charge on any atom is 0.251 e. The van der Waals surface area contributed by atoms with Crippen molar-refractivity contribution in [3.63, 3.8) is 0 Å². The summed E-state index contributed by atoms with van der Waals surface area (Å²) in [5, 5.41) is 10.8. The van der Waals surface area contributed by atoms with E-state index < -0.39 is 11.6 Å². The van der Waals surface area contributed by atoms with Crippen LogP contribution in [0, 0.1) is 11.6 Å². The lowest BCUT2D eigenvalue weighted by Gasteiger charge is -2.07. The van der Waals surface area contributed by atoms with Gasteiger partial charge in [-0.2, -0.15) is 0 Å². The highest BCUT2D eigenvalue weighted by Gasteiger charge is 2.13. The molecular formula is C21H16F2N4O2. The van der Waals surface area contributed by atoms with Gasteiger partial charge in [-0.05, 0) is 42.0 Å². The number of hydrogen-bond acceptors (Lipinski definition) is 4. The second-order valence-corrected chi connectivity index (χ2v) is 6.36. The van der Waals surface area contributed by atoms with Gasteiger partial charge in [0.2, 0.25) is 0 Å². The summed E-state index contributed by atoms with van der Waals surface area (Å²) in [6.45, 7) is 0.335. The monoisotopic (exact) mass is 394 g/mol. The molecule has 1 amide bonds. The fraction of sp³-hybridized carbons (Fsp3) is 0.0952. The van der Waals surface area contributed by atoms with Crippen LogP contribution in [0.3, 0.4) is 0 Å². The summed E-state index contributed by atoms with van der Waals surface area (Å²) in [4.78, 5) is 12.5. The quantitative estimate of drug-likeness (QED) is 0.562. The summed E-state index contributed by atoms with van der Waals surface area (Å²) >= 11 is 0. The molecular weight excluding hydrogens is 378 g/mol. The van der Waals surface area contributed by atoms with E-state index in [4.69, 9.17) is 4.74 Å². The maximum atomic E-state index is 13.5. The van der Waals surface area contributed by atoms with Gasteiger partial charge < -0.3 is 10.1 Å². The van der Waals surface area contributed by atoms with Crippen LogP contribution in [0.5, 0.6) is 5.75 Å². The Labute approximate surface area is 164 Å². The minimum Gasteiger partial charge on any atom is -0.497 e. The molecule has 8 heteroatoms. The number of nitrogens with one attached hydrogen (secondary N) is 1. The van der Waals surface area contributed by atoms with E-state index in [9.17, 15) is 13.6 Å². The summed E-state index contributed by atoms with van der Waals surface area (Å²) in [6, 6.07) is 13.7. The minimum absolute atomic E-state index is 0.255. The second-order valence-electron chi connectivity index (χ2n) is 6.36. The summed E-state index contributed by atoms with van der Waals surface area (Å²) in [6.07, 6.45) is 1.59. The predicted molar refractivity (Wildman–Crippen MR) is 103 cm³/mol. The van der Waals surface area contributed by atoms with E-state index in [1.54, 1.807) is 29.8 Å². The van der Waals surface area contributed by atoms with Gasteiger partial charge in [-0.15, -0.1) is 10.2 Å². The fourth-order valence-corrected chi connectivity index (χ4v) is 2.98. The summed E-state index contributed by atoms with van der Waals surface area (Å²) in [5.74, 6) is -0.697. The summed E-state index contributed by atoms with van der Waals surface area (Å²) < 4.78 is 33.7. The Balaban J connectivity index is 1.55. The van der Waals surface area contributed by atoms with E-state index in [-0.39, 0.29) is 17.3 Å². The van der Waals surface area contributed by atoms with E-state index in [2.05, 4.69) is 15.5 Å². The average Bonchev–Trinajstić information content (AvgIpc) is 3.14. The van der Waals surface area contributed by atoms with Crippen molar-refractivity contribution in [1.29, 1.82) is 0 Å². The number of amides is 1. The van der Waals surface area contributed by atoms with Crippen molar-refractivity contribution in [3.8, 4) is 17.1 Å². The van der Waals surface area contributed by atoms with Gasteiger partial charge >= 0.3 is 0 Å². The van der Waals surface area contributed by atoms with Crippen molar-refractivity contribution < 1.29 is 18.3 Å². The number of ether oxygens (including phenoxy) is 1. The molecule has 1 N–H and O–H groups in total. The molecule has 4 rings (SSSR count). The average molecular weight is 394 g/mol. The molecule has 0 aliphatic rings. The lowest BCUT2D eigenvalue weighted by molar-refractivity contribution is 0.0951. The number of pyridine rings is 1. The lowest BCUT2D eigenvalue weighted by Crippen LogP contribution is -2.22. The van der Waals surface area contributed by atoms with Gasteiger partial charge in [0, 0.05) is 29.9 Å².